The van der Waals surface area contributed by atoms with E-state index in [2.05, 4.69) is 31.3 Å². The van der Waals surface area contributed by atoms with E-state index in [-0.39, 0.29) is 5.69 Å². The summed E-state index contributed by atoms with van der Waals surface area (Å²) < 4.78 is 2.47. The maximum absolute atomic E-state index is 10.6. The maximum Gasteiger partial charge on any atom is 0.288 e. The van der Waals surface area contributed by atoms with Crippen LogP contribution in [-0.2, 0) is 6.54 Å². The molecule has 1 N–H and O–H groups in total. The molecule has 7 nitrogen and oxygen atoms in total. The number of nitro groups is 1. The van der Waals surface area contributed by atoms with Gasteiger partial charge in [0.15, 0.2) is 0 Å². The number of hydrogen-bond donors (Lipinski definition) is 1. The molecule has 2 rings (SSSR count). The van der Waals surface area contributed by atoms with Crippen LogP contribution in [0.4, 0.5) is 11.5 Å². The van der Waals surface area contributed by atoms with Gasteiger partial charge >= 0.3 is 0 Å². The van der Waals surface area contributed by atoms with Gasteiger partial charge in [0.1, 0.15) is 12.0 Å². The number of nitrogens with one attached hydrogen (secondary N) is 1. The number of nitrogens with zero attached hydrogens (tertiary/aromatic N) is 4. The van der Waals surface area contributed by atoms with Gasteiger partial charge in [-0.1, -0.05) is 0 Å². The van der Waals surface area contributed by atoms with Crippen LogP contribution in [0, 0.1) is 17.0 Å². The molecule has 0 aliphatic rings. The monoisotopic (exact) mass is 339 g/mol. The molecule has 0 atom stereocenters. The molecule has 0 fully saturated rings. The van der Waals surface area contributed by atoms with Crippen molar-refractivity contribution >= 4 is 27.4 Å². The van der Waals surface area contributed by atoms with E-state index in [9.17, 15) is 10.1 Å². The van der Waals surface area contributed by atoms with Gasteiger partial charge in [0.05, 0.1) is 15.6 Å². The Balaban J connectivity index is 1.83. The topological polar surface area (TPSA) is 85.9 Å². The Hall–Kier alpha value is -1.96. The molecule has 0 spiro atoms. The van der Waals surface area contributed by atoms with Gasteiger partial charge in [0.25, 0.3) is 5.69 Å². The third-order valence-electron chi connectivity index (χ3n) is 2.66. The molecule has 106 valence electrons. The van der Waals surface area contributed by atoms with Gasteiger partial charge in [-0.05, 0) is 34.8 Å². The van der Waals surface area contributed by atoms with Crippen LogP contribution in [0.3, 0.4) is 0 Å². The first-order chi connectivity index (χ1) is 9.56. The number of aromatic nitrogens is 3. The minimum atomic E-state index is -0.471. The lowest BCUT2D eigenvalue weighted by Gasteiger charge is -2.07. The molecular formula is C12H14BrN5O2. The van der Waals surface area contributed by atoms with Crippen LogP contribution >= 0.6 is 15.9 Å². The van der Waals surface area contributed by atoms with E-state index in [0.717, 1.165) is 18.5 Å². The second-order valence-corrected chi connectivity index (χ2v) is 5.20. The first-order valence-corrected chi connectivity index (χ1v) is 6.88. The second kappa shape index (κ2) is 6.47. The average Bonchev–Trinajstić information content (AvgIpc) is 2.81. The lowest BCUT2D eigenvalue weighted by atomic mass is 10.4. The Morgan fingerprint density at radius 3 is 2.90 bits per heavy atom. The molecule has 0 aromatic carbocycles. The van der Waals surface area contributed by atoms with Gasteiger partial charge in [-0.15, -0.1) is 0 Å². The molecule has 0 aliphatic heterocycles. The van der Waals surface area contributed by atoms with E-state index in [0.29, 0.717) is 16.8 Å². The van der Waals surface area contributed by atoms with Gasteiger partial charge < -0.3 is 5.32 Å². The zero-order chi connectivity index (χ0) is 14.5. The van der Waals surface area contributed by atoms with Crippen molar-refractivity contribution in [1.82, 2.24) is 14.8 Å². The van der Waals surface area contributed by atoms with E-state index < -0.39 is 4.92 Å². The average molecular weight is 340 g/mol. The highest BCUT2D eigenvalue weighted by Crippen LogP contribution is 2.24. The molecule has 2 aromatic rings. The third-order valence-corrected chi connectivity index (χ3v) is 3.26. The summed E-state index contributed by atoms with van der Waals surface area (Å²) in [5.41, 5.74) is 1.10. The predicted molar refractivity (Wildman–Crippen MR) is 78.7 cm³/mol. The standard InChI is InChI=1S/C12H14BrN5O2/c1-9-6-16-17(8-9)4-2-3-14-12-11(13)5-10(7-15-12)18(19)20/h5-8H,2-4H2,1H3,(H,14,15). The van der Waals surface area contributed by atoms with Crippen LogP contribution in [0.25, 0.3) is 0 Å². The molecule has 0 radical (unpaired) electrons. The van der Waals surface area contributed by atoms with Crippen LogP contribution in [0.5, 0.6) is 0 Å². The fraction of sp³-hybridized carbons (Fsp3) is 0.333. The van der Waals surface area contributed by atoms with Crippen LogP contribution in [0.2, 0.25) is 0 Å². The Morgan fingerprint density at radius 2 is 2.30 bits per heavy atom. The minimum absolute atomic E-state index is 0.0329. The van der Waals surface area contributed by atoms with Gasteiger partial charge in [-0.25, -0.2) is 4.98 Å². The summed E-state index contributed by atoms with van der Waals surface area (Å²) in [6.45, 7) is 3.52. The summed E-state index contributed by atoms with van der Waals surface area (Å²) in [6, 6.07) is 1.44. The summed E-state index contributed by atoms with van der Waals surface area (Å²) >= 11 is 3.27. The van der Waals surface area contributed by atoms with Crippen molar-refractivity contribution in [2.45, 2.75) is 19.9 Å². The molecule has 8 heteroatoms. The second-order valence-electron chi connectivity index (χ2n) is 4.34. The molecule has 0 amide bonds. The Morgan fingerprint density at radius 1 is 1.50 bits per heavy atom. The van der Waals surface area contributed by atoms with Crippen molar-refractivity contribution in [1.29, 1.82) is 0 Å². The lowest BCUT2D eigenvalue weighted by molar-refractivity contribution is -0.385. The van der Waals surface area contributed by atoms with Gasteiger partial charge in [-0.3, -0.25) is 14.8 Å². The molecule has 0 bridgehead atoms. The Labute approximate surface area is 124 Å². The summed E-state index contributed by atoms with van der Waals surface area (Å²) in [4.78, 5) is 14.2. The highest BCUT2D eigenvalue weighted by molar-refractivity contribution is 9.10. The van der Waals surface area contributed by atoms with Crippen molar-refractivity contribution in [3.8, 4) is 0 Å². The highest BCUT2D eigenvalue weighted by Gasteiger charge is 2.09. The summed E-state index contributed by atoms with van der Waals surface area (Å²) in [6.07, 6.45) is 5.93. The van der Waals surface area contributed by atoms with Gasteiger partial charge in [-0.2, -0.15) is 5.10 Å². The summed E-state index contributed by atoms with van der Waals surface area (Å²) in [5.74, 6) is 0.604. The Kier molecular flexibility index (Phi) is 4.67. The fourth-order valence-electron chi connectivity index (χ4n) is 1.69. The first kappa shape index (κ1) is 14.4. The summed E-state index contributed by atoms with van der Waals surface area (Å²) in [5, 5.41) is 17.9. The van der Waals surface area contributed by atoms with E-state index in [1.807, 2.05) is 24.0 Å². The Bertz CT molecular complexity index is 614. The van der Waals surface area contributed by atoms with Crippen molar-refractivity contribution < 1.29 is 4.92 Å². The molecule has 20 heavy (non-hydrogen) atoms. The highest BCUT2D eigenvalue weighted by atomic mass is 79.9. The maximum atomic E-state index is 10.6. The normalized spacial score (nSPS) is 10.5. The molecule has 2 heterocycles. The van der Waals surface area contributed by atoms with Crippen LogP contribution in [-0.4, -0.2) is 26.2 Å². The van der Waals surface area contributed by atoms with E-state index >= 15 is 0 Å². The third kappa shape index (κ3) is 3.77. The first-order valence-electron chi connectivity index (χ1n) is 6.09. The fourth-order valence-corrected chi connectivity index (χ4v) is 2.17. The van der Waals surface area contributed by atoms with E-state index in [1.54, 1.807) is 0 Å². The number of hydrogen-bond acceptors (Lipinski definition) is 5. The molecule has 0 unspecified atom stereocenters. The minimum Gasteiger partial charge on any atom is -0.369 e. The van der Waals surface area contributed by atoms with Crippen molar-refractivity contribution in [3.63, 3.8) is 0 Å². The molecule has 0 saturated heterocycles. The summed E-state index contributed by atoms with van der Waals surface area (Å²) in [7, 11) is 0. The quantitative estimate of drug-likeness (QED) is 0.496. The van der Waals surface area contributed by atoms with E-state index in [1.165, 1.54) is 12.3 Å². The molecular weight excluding hydrogens is 326 g/mol. The zero-order valence-electron chi connectivity index (χ0n) is 10.9. The van der Waals surface area contributed by atoms with Crippen molar-refractivity contribution in [2.75, 3.05) is 11.9 Å². The van der Waals surface area contributed by atoms with Crippen molar-refractivity contribution in [2.24, 2.45) is 0 Å². The molecule has 2 aromatic heterocycles. The van der Waals surface area contributed by atoms with Gasteiger partial charge in [0, 0.05) is 25.4 Å². The molecule has 0 aliphatic carbocycles. The zero-order valence-corrected chi connectivity index (χ0v) is 12.5. The van der Waals surface area contributed by atoms with Crippen molar-refractivity contribution in [3.05, 3.63) is 44.8 Å². The predicted octanol–water partition coefficient (Wildman–Crippen LogP) is 2.76. The number of rotatable bonds is 6. The smallest absolute Gasteiger partial charge is 0.288 e. The number of aryl methyl sites for hydroxylation is 2. The number of halogens is 1. The number of pyridine rings is 1. The van der Waals surface area contributed by atoms with Crippen LogP contribution in [0.15, 0.2) is 29.1 Å². The van der Waals surface area contributed by atoms with E-state index in [4.69, 9.17) is 0 Å². The lowest BCUT2D eigenvalue weighted by Crippen LogP contribution is -2.08. The molecule has 0 saturated carbocycles. The van der Waals surface area contributed by atoms with Crippen LogP contribution in [0.1, 0.15) is 12.0 Å². The van der Waals surface area contributed by atoms with Gasteiger partial charge in [0.2, 0.25) is 0 Å². The SMILES string of the molecule is Cc1cnn(CCCNc2ncc([N+](=O)[O-])cc2Br)c1. The number of anilines is 1. The largest absolute Gasteiger partial charge is 0.369 e. The van der Waals surface area contributed by atoms with Crippen LogP contribution < -0.4 is 5.32 Å².